The van der Waals surface area contributed by atoms with Gasteiger partial charge in [-0.15, -0.1) is 0 Å². The summed E-state index contributed by atoms with van der Waals surface area (Å²) in [5, 5.41) is 7.08. The average molecular weight is 495 g/mol. The van der Waals surface area contributed by atoms with Gasteiger partial charge in [-0.3, -0.25) is 4.79 Å². The summed E-state index contributed by atoms with van der Waals surface area (Å²) in [5.74, 6) is 3.03. The van der Waals surface area contributed by atoms with E-state index in [1.54, 1.807) is 25.3 Å². The van der Waals surface area contributed by atoms with Crippen molar-refractivity contribution in [3.8, 4) is 23.0 Å². The van der Waals surface area contributed by atoms with Crippen molar-refractivity contribution in [1.29, 1.82) is 0 Å². The molecule has 1 fully saturated rings. The van der Waals surface area contributed by atoms with E-state index >= 15 is 0 Å². The number of nitrogens with one attached hydrogen (secondary N) is 1. The number of nitrogens with zero attached hydrogens (tertiary/aromatic N) is 1. The monoisotopic (exact) mass is 494 g/mol. The third-order valence-corrected chi connectivity index (χ3v) is 7.00. The van der Waals surface area contributed by atoms with Crippen LogP contribution >= 0.6 is 0 Å². The van der Waals surface area contributed by atoms with Gasteiger partial charge in [0.2, 0.25) is 6.79 Å². The minimum Gasteiger partial charge on any atom is -0.493 e. The van der Waals surface area contributed by atoms with Gasteiger partial charge in [-0.05, 0) is 62.6 Å². The van der Waals surface area contributed by atoms with E-state index in [1.165, 1.54) is 0 Å². The highest BCUT2D eigenvalue weighted by Crippen LogP contribution is 2.40. The fraction of sp³-hybridized carbons (Fsp3) is 0.407. The normalized spacial score (nSPS) is 16.0. The Bertz CT molecular complexity index is 1230. The van der Waals surface area contributed by atoms with Crippen LogP contribution in [0.4, 0.5) is 0 Å². The van der Waals surface area contributed by atoms with Crippen molar-refractivity contribution in [2.75, 3.05) is 33.7 Å². The molecule has 3 aromatic rings. The molecule has 0 atom stereocenters. The lowest BCUT2D eigenvalue weighted by molar-refractivity contribution is 0.0486. The molecule has 0 aliphatic carbocycles. The summed E-state index contributed by atoms with van der Waals surface area (Å²) in [6, 6.07) is 11.2. The van der Waals surface area contributed by atoms with Gasteiger partial charge in [-0.2, -0.15) is 0 Å². The fourth-order valence-electron chi connectivity index (χ4n) is 4.69. The number of ether oxygens (including phenoxy) is 5. The number of benzene rings is 2. The maximum atomic E-state index is 13.2. The van der Waals surface area contributed by atoms with E-state index in [1.807, 2.05) is 26.0 Å². The molecule has 1 amide bonds. The highest BCUT2D eigenvalue weighted by Gasteiger charge is 2.36. The van der Waals surface area contributed by atoms with Crippen LogP contribution in [0, 0.1) is 13.8 Å². The Morgan fingerprint density at radius 3 is 2.61 bits per heavy atom. The third kappa shape index (κ3) is 4.70. The lowest BCUT2D eigenvalue weighted by Crippen LogP contribution is -2.44. The Hall–Kier alpha value is -3.72. The number of fused-ring (bicyclic) bond motifs is 1. The Morgan fingerprint density at radius 2 is 1.86 bits per heavy atom. The van der Waals surface area contributed by atoms with Gasteiger partial charge < -0.3 is 33.5 Å². The van der Waals surface area contributed by atoms with Crippen LogP contribution in [0.25, 0.3) is 0 Å². The minimum absolute atomic E-state index is 0.183. The lowest BCUT2D eigenvalue weighted by Gasteiger charge is -2.38. The van der Waals surface area contributed by atoms with Crippen molar-refractivity contribution in [2.24, 2.45) is 0 Å². The molecular formula is C27H30N2O7. The first-order valence-corrected chi connectivity index (χ1v) is 12.0. The summed E-state index contributed by atoms with van der Waals surface area (Å²) in [6.07, 6.45) is 1.59. The molecule has 1 aromatic heterocycles. The van der Waals surface area contributed by atoms with E-state index < -0.39 is 0 Å². The van der Waals surface area contributed by atoms with E-state index in [9.17, 15) is 4.79 Å². The van der Waals surface area contributed by atoms with E-state index in [-0.39, 0.29) is 18.1 Å². The third-order valence-electron chi connectivity index (χ3n) is 7.00. The summed E-state index contributed by atoms with van der Waals surface area (Å²) in [6.45, 7) is 5.98. The Labute approximate surface area is 209 Å². The molecule has 2 aliphatic rings. The SMILES string of the molecule is COc1cc(C(=O)NCC2(c3ccc4c(c3)OCO4)CCOCC2)ccc1OCc1c(C)noc1C. The summed E-state index contributed by atoms with van der Waals surface area (Å²) in [7, 11) is 1.55. The molecule has 5 rings (SSSR count). The van der Waals surface area contributed by atoms with Crippen LogP contribution in [0.5, 0.6) is 23.0 Å². The number of rotatable bonds is 8. The van der Waals surface area contributed by atoms with Crippen LogP contribution < -0.4 is 24.3 Å². The summed E-state index contributed by atoms with van der Waals surface area (Å²) in [5.41, 5.74) is 3.02. The molecule has 1 saturated heterocycles. The molecule has 9 nitrogen and oxygen atoms in total. The van der Waals surface area contributed by atoms with Crippen LogP contribution in [-0.4, -0.2) is 44.7 Å². The Balaban J connectivity index is 1.29. The summed E-state index contributed by atoms with van der Waals surface area (Å²) in [4.78, 5) is 13.2. The van der Waals surface area contributed by atoms with E-state index in [0.717, 1.165) is 41.2 Å². The topological polar surface area (TPSA) is 101 Å². The molecule has 2 aliphatic heterocycles. The number of carbonyl (C=O) groups excluding carboxylic acids is 1. The maximum Gasteiger partial charge on any atom is 0.251 e. The number of methoxy groups -OCH3 is 1. The second-order valence-electron chi connectivity index (χ2n) is 9.10. The number of aryl methyl sites for hydroxylation is 2. The number of amides is 1. The fourth-order valence-corrected chi connectivity index (χ4v) is 4.69. The number of hydrogen-bond donors (Lipinski definition) is 1. The van der Waals surface area contributed by atoms with Gasteiger partial charge in [0, 0.05) is 30.7 Å². The van der Waals surface area contributed by atoms with Crippen LogP contribution in [0.2, 0.25) is 0 Å². The van der Waals surface area contributed by atoms with Crippen LogP contribution in [0.15, 0.2) is 40.9 Å². The van der Waals surface area contributed by atoms with Gasteiger partial charge in [-0.1, -0.05) is 11.2 Å². The Morgan fingerprint density at radius 1 is 1.06 bits per heavy atom. The molecule has 0 bridgehead atoms. The first-order chi connectivity index (χ1) is 17.5. The second-order valence-corrected chi connectivity index (χ2v) is 9.10. The minimum atomic E-state index is -0.254. The van der Waals surface area contributed by atoms with Gasteiger partial charge in [0.1, 0.15) is 12.4 Å². The molecule has 190 valence electrons. The van der Waals surface area contributed by atoms with Gasteiger partial charge >= 0.3 is 0 Å². The van der Waals surface area contributed by atoms with Gasteiger partial charge in [0.05, 0.1) is 18.4 Å². The molecule has 1 N–H and O–H groups in total. The summed E-state index contributed by atoms with van der Waals surface area (Å²) < 4.78 is 33.3. The summed E-state index contributed by atoms with van der Waals surface area (Å²) >= 11 is 0. The van der Waals surface area contributed by atoms with Gasteiger partial charge in [0.25, 0.3) is 5.91 Å². The van der Waals surface area contributed by atoms with Crippen molar-refractivity contribution in [3.63, 3.8) is 0 Å². The molecule has 0 saturated carbocycles. The molecule has 3 heterocycles. The quantitative estimate of drug-likeness (QED) is 0.500. The van der Waals surface area contributed by atoms with E-state index in [2.05, 4.69) is 16.5 Å². The van der Waals surface area contributed by atoms with Gasteiger partial charge in [0.15, 0.2) is 23.0 Å². The van der Waals surface area contributed by atoms with Crippen LogP contribution in [-0.2, 0) is 16.8 Å². The van der Waals surface area contributed by atoms with E-state index in [4.69, 9.17) is 28.2 Å². The molecule has 2 aromatic carbocycles. The second kappa shape index (κ2) is 10.1. The van der Waals surface area contributed by atoms with Crippen LogP contribution in [0.3, 0.4) is 0 Å². The highest BCUT2D eigenvalue weighted by atomic mass is 16.7. The average Bonchev–Trinajstić information content (AvgIpc) is 3.51. The number of hydrogen-bond acceptors (Lipinski definition) is 8. The standard InChI is InChI=1S/C27H30N2O7/c1-17-21(18(2)36-29-17)14-33-22-6-4-19(12-24(22)31-3)26(30)28-15-27(8-10-32-11-9-27)20-5-7-23-25(13-20)35-16-34-23/h4-7,12-13H,8-11,14-16H2,1-3H3,(H,28,30). The Kier molecular flexibility index (Phi) is 6.73. The molecule has 36 heavy (non-hydrogen) atoms. The van der Waals surface area contributed by atoms with Gasteiger partial charge in [-0.25, -0.2) is 0 Å². The molecule has 0 radical (unpaired) electrons. The molecule has 9 heteroatoms. The lowest BCUT2D eigenvalue weighted by atomic mass is 9.74. The van der Waals surface area contributed by atoms with Crippen LogP contribution in [0.1, 0.15) is 45.8 Å². The smallest absolute Gasteiger partial charge is 0.251 e. The van der Waals surface area contributed by atoms with Crippen molar-refractivity contribution >= 4 is 5.91 Å². The molecule has 0 unspecified atom stereocenters. The largest absolute Gasteiger partial charge is 0.493 e. The number of aromatic nitrogens is 1. The number of carbonyl (C=O) groups is 1. The highest BCUT2D eigenvalue weighted by molar-refractivity contribution is 5.95. The zero-order chi connectivity index (χ0) is 25.1. The van der Waals surface area contributed by atoms with Crippen molar-refractivity contribution in [2.45, 2.75) is 38.7 Å². The predicted octanol–water partition coefficient (Wildman–Crippen LogP) is 4.09. The zero-order valence-corrected chi connectivity index (χ0v) is 20.7. The van der Waals surface area contributed by atoms with Crippen molar-refractivity contribution in [1.82, 2.24) is 10.5 Å². The molecule has 0 spiro atoms. The van der Waals surface area contributed by atoms with E-state index in [0.29, 0.717) is 49.2 Å². The van der Waals surface area contributed by atoms with Crippen molar-refractivity contribution < 1.29 is 33.0 Å². The zero-order valence-electron chi connectivity index (χ0n) is 20.7. The first kappa shape index (κ1) is 24.0. The maximum absolute atomic E-state index is 13.2. The molecular weight excluding hydrogens is 464 g/mol. The first-order valence-electron chi connectivity index (χ1n) is 12.0. The predicted molar refractivity (Wildman–Crippen MR) is 130 cm³/mol. The van der Waals surface area contributed by atoms with Crippen molar-refractivity contribution in [3.05, 3.63) is 64.5 Å².